The van der Waals surface area contributed by atoms with E-state index in [1.807, 2.05) is 0 Å². The summed E-state index contributed by atoms with van der Waals surface area (Å²) in [6.45, 7) is 3.07. The number of fused-ring (bicyclic) bond motifs is 3. The fourth-order valence-electron chi connectivity index (χ4n) is 11.4. The number of nitrogens with zero attached hydrogens (tertiary/aromatic N) is 6. The van der Waals surface area contributed by atoms with Gasteiger partial charge in [-0.2, -0.15) is 0 Å². The van der Waals surface area contributed by atoms with Crippen molar-refractivity contribution in [1.29, 1.82) is 0 Å². The number of phenolic OH excluding ortho intramolecular Hbond substituents is 3. The van der Waals surface area contributed by atoms with Crippen LogP contribution in [-0.2, 0) is 62.3 Å². The monoisotopic (exact) mass is 1590 g/mol. The van der Waals surface area contributed by atoms with Gasteiger partial charge in [0.15, 0.2) is 17.2 Å². The van der Waals surface area contributed by atoms with Gasteiger partial charge in [0, 0.05) is 37.5 Å². The minimum absolute atomic E-state index is 0.00594. The maximum absolute atomic E-state index is 13.7. The number of hydrogen-bond acceptors (Lipinski definition) is 19. The van der Waals surface area contributed by atoms with Crippen molar-refractivity contribution in [3.8, 4) is 17.2 Å². The second-order valence-electron chi connectivity index (χ2n) is 23.9. The van der Waals surface area contributed by atoms with Crippen LogP contribution in [0.15, 0.2) is 109 Å². The Morgan fingerprint density at radius 3 is 1.04 bits per heavy atom. The first-order valence-corrected chi connectivity index (χ1v) is 33.9. The summed E-state index contributed by atoms with van der Waals surface area (Å²) >= 11 is 35.4. The fraction of sp³-hybridized carbons (Fsp3) is 0.261. The van der Waals surface area contributed by atoms with Gasteiger partial charge < -0.3 is 76.3 Å². The molecule has 38 heteroatoms. The van der Waals surface area contributed by atoms with Gasteiger partial charge in [-0.3, -0.25) is 81.8 Å². The van der Waals surface area contributed by atoms with Gasteiger partial charge >= 0.3 is 17.9 Å². The first-order chi connectivity index (χ1) is 50.5. The van der Waals surface area contributed by atoms with E-state index in [0.29, 0.717) is 17.1 Å². The molecule has 1 saturated heterocycles. The van der Waals surface area contributed by atoms with Crippen LogP contribution in [-0.4, -0.2) is 190 Å². The molecule has 562 valence electrons. The number of hydrogen-bond donors (Lipinski definition) is 10. The number of aldehydes is 1. The number of benzene rings is 6. The zero-order valence-corrected chi connectivity index (χ0v) is 60.8. The van der Waals surface area contributed by atoms with Crippen LogP contribution in [0.5, 0.6) is 17.2 Å². The summed E-state index contributed by atoms with van der Waals surface area (Å²) in [7, 11) is 0. The maximum Gasteiger partial charge on any atom is 0.323 e. The zero-order valence-electron chi connectivity index (χ0n) is 56.3. The third-order valence-electron chi connectivity index (χ3n) is 16.5. The van der Waals surface area contributed by atoms with Crippen molar-refractivity contribution >= 4 is 193 Å². The predicted octanol–water partition coefficient (Wildman–Crippen LogP) is 5.65. The highest BCUT2D eigenvalue weighted by Gasteiger charge is 2.42. The van der Waals surface area contributed by atoms with Crippen molar-refractivity contribution in [2.75, 3.05) is 68.7 Å². The SMILES string of the molecule is CC(=O)N1C[C@H](NC(=O)c2cc(Cl)c(O)c(Cl)c2)C(=O)N(CC(=O)N[C@H](C=O)CC(=O)O)c2ccccc21.CC(=O)N1C[C@H](NC(=O)c2cc(Cl)c(O)c(Cl)c2)C(=O)N(CC(=O)N[C@H]2CC(=O)O[C@H]2C)c2ccccc21.CC(=O)N1C[C@H](NC(=O)c2cc(Cl)c(O)c(Cl)c2)C(=O)N(CC(=O)O)c2ccccc21. The molecule has 0 aliphatic carbocycles. The normalized spacial score (nSPS) is 17.6. The molecule has 6 atom stereocenters. The topological polar surface area (TPSA) is 446 Å². The fourth-order valence-corrected chi connectivity index (χ4v) is 12.8. The van der Waals surface area contributed by atoms with Crippen molar-refractivity contribution in [3.63, 3.8) is 0 Å². The Bertz CT molecular complexity index is 4580. The Hall–Kier alpha value is -11.3. The Kier molecular flexibility index (Phi) is 26.8. The second-order valence-corrected chi connectivity index (χ2v) is 26.4. The minimum atomic E-state index is -1.35. The molecule has 32 nitrogen and oxygen atoms in total. The standard InChI is InChI=1S/C25H24Cl2N4O7.C24H22Cl2N4O8.C20H17Cl2N3O6/c1-12-17(9-22(34)38-12)28-21(33)11-31-20-6-4-3-5-19(20)30(13(2)32)10-18(25(31)37)29-24(36)14-7-15(26)23(35)16(27)8-14;1-12(32)29-9-17(28-23(37)13-6-15(25)22(36)16(26)7-13)24(38)30(19-5-3-2-4-18(19)29)10-20(33)27-14(11-31)8-21(34)35;1-10(26)24-8-14(23-19(30)11-6-12(21)18(29)13(22)7-11)20(31)25(9-17(27)28)16-5-3-2-4-15(16)24/h3-8,12,17-18,35H,9-11H2,1-2H3,(H,28,33)(H,29,36);2-7,11,14,17,36H,8-10H2,1H3,(H,27,33)(H,28,37)(H,34,35);2-7,14,29H,8-9H2,1H3,(H,23,30)(H,27,28)/t12-,17-,18-;14-,17-;14-/m000/s1. The highest BCUT2D eigenvalue weighted by Crippen LogP contribution is 2.39. The molecule has 6 aromatic carbocycles. The van der Waals surface area contributed by atoms with E-state index in [2.05, 4.69) is 26.6 Å². The van der Waals surface area contributed by atoms with Gasteiger partial charge in [0.1, 0.15) is 50.1 Å². The van der Waals surface area contributed by atoms with Crippen LogP contribution >= 0.6 is 69.6 Å². The van der Waals surface area contributed by atoms with E-state index >= 15 is 0 Å². The predicted molar refractivity (Wildman–Crippen MR) is 389 cm³/mol. The number of halogens is 6. The number of aliphatic carboxylic acids is 2. The van der Waals surface area contributed by atoms with E-state index in [4.69, 9.17) is 79.4 Å². The summed E-state index contributed by atoms with van der Waals surface area (Å²) in [5.74, 6) is -11.2. The smallest absolute Gasteiger partial charge is 0.323 e. The van der Waals surface area contributed by atoms with Gasteiger partial charge in [0.2, 0.25) is 29.5 Å². The van der Waals surface area contributed by atoms with Crippen molar-refractivity contribution < 1.29 is 102 Å². The van der Waals surface area contributed by atoms with Crippen molar-refractivity contribution in [1.82, 2.24) is 26.6 Å². The number of esters is 1. The molecule has 6 aromatic rings. The molecule has 0 aromatic heterocycles. The van der Waals surface area contributed by atoms with Gasteiger partial charge in [-0.1, -0.05) is 106 Å². The summed E-state index contributed by atoms with van der Waals surface area (Å²) in [4.78, 5) is 195. The third kappa shape index (κ3) is 19.6. The molecular weight excluding hydrogens is 1530 g/mol. The number of carboxylic acids is 2. The zero-order chi connectivity index (χ0) is 78.7. The number of amides is 11. The molecule has 0 radical (unpaired) electrons. The van der Waals surface area contributed by atoms with Crippen LogP contribution in [0.25, 0.3) is 0 Å². The highest BCUT2D eigenvalue weighted by molar-refractivity contribution is 6.39. The molecule has 1 fully saturated rings. The molecule has 4 aliphatic heterocycles. The van der Waals surface area contributed by atoms with Crippen LogP contribution in [0.3, 0.4) is 0 Å². The number of cyclic esters (lactones) is 1. The lowest BCUT2D eigenvalue weighted by atomic mass is 10.1. The first kappa shape index (κ1) is 81.4. The number of carbonyl (C=O) groups is 15. The Labute approximate surface area is 636 Å². The Morgan fingerprint density at radius 2 is 0.766 bits per heavy atom. The number of carboxylic acid groups (broad SMARTS) is 2. The van der Waals surface area contributed by atoms with Crippen molar-refractivity contribution in [2.24, 2.45) is 0 Å². The van der Waals surface area contributed by atoms with Gasteiger partial charge in [-0.05, 0) is 79.7 Å². The van der Waals surface area contributed by atoms with Crippen molar-refractivity contribution in [2.45, 2.75) is 76.8 Å². The minimum Gasteiger partial charge on any atom is -0.505 e. The first-order valence-electron chi connectivity index (χ1n) is 31.7. The Balaban J connectivity index is 0.000000204. The summed E-state index contributed by atoms with van der Waals surface area (Å²) in [6, 6.07) is 20.4. The molecule has 0 bridgehead atoms. The molecule has 0 unspecified atom stereocenters. The quantitative estimate of drug-likeness (QED) is 0.0389. The number of anilines is 6. The van der Waals surface area contributed by atoms with Gasteiger partial charge in [0.25, 0.3) is 35.4 Å². The van der Waals surface area contributed by atoms with E-state index in [9.17, 15) is 92.3 Å². The molecule has 11 amide bonds. The summed E-state index contributed by atoms with van der Waals surface area (Å²) in [5, 5.41) is 59.0. The van der Waals surface area contributed by atoms with E-state index in [-0.39, 0.29) is 102 Å². The number of carbonyl (C=O) groups excluding carboxylic acids is 13. The molecule has 10 rings (SSSR count). The number of phenols is 3. The lowest BCUT2D eigenvalue weighted by molar-refractivity contribution is -0.141. The van der Waals surface area contributed by atoms with Gasteiger partial charge in [-0.25, -0.2) is 0 Å². The van der Waals surface area contributed by atoms with Gasteiger partial charge in [-0.15, -0.1) is 0 Å². The molecule has 0 spiro atoms. The summed E-state index contributed by atoms with van der Waals surface area (Å²) in [6.07, 6.45) is -0.915. The number of rotatable bonds is 17. The van der Waals surface area contributed by atoms with Gasteiger partial charge in [0.05, 0.1) is 109 Å². The largest absolute Gasteiger partial charge is 0.505 e. The summed E-state index contributed by atoms with van der Waals surface area (Å²) in [5.41, 5.74) is 1.58. The molecule has 10 N–H and O–H groups in total. The summed E-state index contributed by atoms with van der Waals surface area (Å²) < 4.78 is 5.07. The number of ether oxygens (including phenoxy) is 1. The molecule has 0 saturated carbocycles. The number of para-hydroxylation sites is 6. The molecule has 107 heavy (non-hydrogen) atoms. The second kappa shape index (κ2) is 35.2. The Morgan fingerprint density at radius 1 is 0.467 bits per heavy atom. The van der Waals surface area contributed by atoms with Crippen molar-refractivity contribution in [3.05, 3.63) is 156 Å². The average molecular weight is 1600 g/mol. The lowest BCUT2D eigenvalue weighted by Crippen LogP contribution is -2.54. The third-order valence-corrected chi connectivity index (χ3v) is 18.2. The molecule has 4 heterocycles. The van der Waals surface area contributed by atoms with E-state index in [1.54, 1.807) is 67.6 Å². The molecular formula is C69H63Cl6N11O21. The average Bonchev–Trinajstić information content (AvgIpc) is 1.67. The molecule has 4 aliphatic rings. The number of aromatic hydroxyl groups is 3. The van der Waals surface area contributed by atoms with Crippen LogP contribution in [0.1, 0.15) is 71.6 Å². The van der Waals surface area contributed by atoms with Crippen LogP contribution < -0.4 is 56.0 Å². The van der Waals surface area contributed by atoms with Crippen LogP contribution in [0.4, 0.5) is 34.1 Å². The van der Waals surface area contributed by atoms with Crippen LogP contribution in [0.2, 0.25) is 30.1 Å². The van der Waals surface area contributed by atoms with E-state index in [1.165, 1.54) is 76.8 Å². The highest BCUT2D eigenvalue weighted by atomic mass is 35.5. The maximum atomic E-state index is 13.7. The van der Waals surface area contributed by atoms with E-state index < -0.39 is 157 Å². The van der Waals surface area contributed by atoms with E-state index in [0.717, 1.165) is 21.9 Å². The van der Waals surface area contributed by atoms with Crippen LogP contribution in [0, 0.1) is 0 Å². The lowest BCUT2D eigenvalue weighted by Gasteiger charge is -2.26. The number of nitrogens with one attached hydrogen (secondary N) is 5.